The maximum Gasteiger partial charge on any atom is 0.335 e. The number of carboxylic acid groups (broad SMARTS) is 1. The van der Waals surface area contributed by atoms with E-state index in [2.05, 4.69) is 30.9 Å². The molecule has 0 fully saturated rings. The minimum absolute atomic E-state index is 0.248. The highest BCUT2D eigenvalue weighted by Gasteiger charge is 2.27. The number of hydrogen-bond acceptors (Lipinski definition) is 4. The molecule has 138 valence electrons. The van der Waals surface area contributed by atoms with Crippen molar-refractivity contribution >= 4 is 5.97 Å². The molecule has 5 heteroatoms. The molecule has 26 heavy (non-hydrogen) atoms. The van der Waals surface area contributed by atoms with Crippen LogP contribution in [0.15, 0.2) is 42.5 Å². The number of carboxylic acids is 1. The maximum absolute atomic E-state index is 11.2. The molecular weight excluding hydrogens is 330 g/mol. The van der Waals surface area contributed by atoms with E-state index in [4.69, 9.17) is 9.47 Å². The Balaban J connectivity index is 1.86. The molecule has 2 aromatic carbocycles. The highest BCUT2D eigenvalue weighted by atomic mass is 16.5. The zero-order chi connectivity index (χ0) is 18.7. The predicted molar refractivity (Wildman–Crippen MR) is 99.8 cm³/mol. The van der Waals surface area contributed by atoms with Crippen LogP contribution in [0.4, 0.5) is 0 Å². The molecule has 1 atom stereocenters. The second-order valence-corrected chi connectivity index (χ2v) is 7.00. The molecule has 0 saturated heterocycles. The Bertz CT molecular complexity index is 770. The second-order valence-electron chi connectivity index (χ2n) is 7.00. The van der Waals surface area contributed by atoms with Gasteiger partial charge in [-0.2, -0.15) is 0 Å². The van der Waals surface area contributed by atoms with Gasteiger partial charge in [-0.15, -0.1) is 0 Å². The van der Waals surface area contributed by atoms with Gasteiger partial charge in [0.1, 0.15) is 18.1 Å². The topological polar surface area (TPSA) is 59.0 Å². The molecule has 1 heterocycles. The van der Waals surface area contributed by atoms with Gasteiger partial charge in [0.15, 0.2) is 0 Å². The molecule has 3 rings (SSSR count). The minimum Gasteiger partial charge on any atom is -0.497 e. The largest absolute Gasteiger partial charge is 0.497 e. The first-order chi connectivity index (χ1) is 12.5. The van der Waals surface area contributed by atoms with Crippen LogP contribution in [0.25, 0.3) is 0 Å². The number of ether oxygens (including phenoxy) is 2. The van der Waals surface area contributed by atoms with Gasteiger partial charge in [0.05, 0.1) is 12.7 Å². The van der Waals surface area contributed by atoms with Crippen molar-refractivity contribution in [2.75, 3.05) is 13.7 Å². The molecule has 0 aliphatic carbocycles. The lowest BCUT2D eigenvalue weighted by Crippen LogP contribution is -2.40. The number of rotatable bonds is 5. The average Bonchev–Trinajstić information content (AvgIpc) is 2.80. The van der Waals surface area contributed by atoms with Gasteiger partial charge in [-0.3, -0.25) is 4.90 Å². The van der Waals surface area contributed by atoms with Gasteiger partial charge in [0.2, 0.25) is 0 Å². The van der Waals surface area contributed by atoms with Crippen LogP contribution in [0.5, 0.6) is 11.5 Å². The summed E-state index contributed by atoms with van der Waals surface area (Å²) in [6, 6.07) is 13.5. The van der Waals surface area contributed by atoms with Crippen molar-refractivity contribution in [1.29, 1.82) is 0 Å². The third kappa shape index (κ3) is 3.99. The Hall–Kier alpha value is -2.53. The number of carbonyl (C=O) groups is 1. The molecule has 0 saturated carbocycles. The van der Waals surface area contributed by atoms with Crippen molar-refractivity contribution in [2.45, 2.75) is 33.0 Å². The van der Waals surface area contributed by atoms with Gasteiger partial charge in [-0.05, 0) is 35.7 Å². The van der Waals surface area contributed by atoms with E-state index >= 15 is 0 Å². The SMILES string of the molecule is COc1ccc(CN2Cc3ccc(C(=O)O)cc3OC[C@@H]2C(C)C)cc1. The van der Waals surface area contributed by atoms with Gasteiger partial charge in [-0.25, -0.2) is 4.79 Å². The molecule has 0 amide bonds. The molecule has 0 radical (unpaired) electrons. The third-order valence-electron chi connectivity index (χ3n) is 4.88. The number of aromatic carboxylic acids is 1. The van der Waals surface area contributed by atoms with Crippen LogP contribution < -0.4 is 9.47 Å². The molecular formula is C21H25NO4. The van der Waals surface area contributed by atoms with Crippen LogP contribution in [0.2, 0.25) is 0 Å². The van der Waals surface area contributed by atoms with E-state index in [1.807, 2.05) is 18.2 Å². The number of fused-ring (bicyclic) bond motifs is 1. The molecule has 1 aliphatic heterocycles. The van der Waals surface area contributed by atoms with Crippen LogP contribution in [-0.4, -0.2) is 35.7 Å². The molecule has 1 aliphatic rings. The molecule has 1 N–H and O–H groups in total. The Labute approximate surface area is 154 Å². The summed E-state index contributed by atoms with van der Waals surface area (Å²) in [4.78, 5) is 13.6. The lowest BCUT2D eigenvalue weighted by molar-refractivity contribution is 0.0696. The quantitative estimate of drug-likeness (QED) is 0.884. The smallest absolute Gasteiger partial charge is 0.335 e. The Morgan fingerprint density at radius 2 is 2.00 bits per heavy atom. The van der Waals surface area contributed by atoms with Gasteiger partial charge in [0.25, 0.3) is 0 Å². The molecule has 0 bridgehead atoms. The monoisotopic (exact) mass is 355 g/mol. The van der Waals surface area contributed by atoms with Crippen LogP contribution in [0, 0.1) is 5.92 Å². The summed E-state index contributed by atoms with van der Waals surface area (Å²) in [5.41, 5.74) is 2.49. The van der Waals surface area contributed by atoms with Gasteiger partial charge >= 0.3 is 5.97 Å². The fraction of sp³-hybridized carbons (Fsp3) is 0.381. The van der Waals surface area contributed by atoms with Gasteiger partial charge in [-0.1, -0.05) is 32.0 Å². The van der Waals surface area contributed by atoms with E-state index in [1.54, 1.807) is 19.2 Å². The third-order valence-corrected chi connectivity index (χ3v) is 4.88. The highest BCUT2D eigenvalue weighted by molar-refractivity contribution is 5.88. The molecule has 0 spiro atoms. The van der Waals surface area contributed by atoms with Crippen molar-refractivity contribution < 1.29 is 19.4 Å². The molecule has 2 aromatic rings. The number of nitrogens with zero attached hydrogens (tertiary/aromatic N) is 1. The first kappa shape index (κ1) is 18.3. The highest BCUT2D eigenvalue weighted by Crippen LogP contribution is 2.29. The van der Waals surface area contributed by atoms with Crippen molar-refractivity contribution in [3.63, 3.8) is 0 Å². The summed E-state index contributed by atoms with van der Waals surface area (Å²) in [5.74, 6) is 1.00. The summed E-state index contributed by atoms with van der Waals surface area (Å²) in [7, 11) is 1.66. The lowest BCUT2D eigenvalue weighted by Gasteiger charge is -2.32. The van der Waals surface area contributed by atoms with E-state index in [1.165, 1.54) is 5.56 Å². The van der Waals surface area contributed by atoms with Gasteiger partial charge < -0.3 is 14.6 Å². The zero-order valence-electron chi connectivity index (χ0n) is 15.4. The number of methoxy groups -OCH3 is 1. The zero-order valence-corrected chi connectivity index (χ0v) is 15.4. The molecule has 5 nitrogen and oxygen atoms in total. The molecule has 0 aromatic heterocycles. The Kier molecular flexibility index (Phi) is 5.47. The standard InChI is InChI=1S/C21H25NO4/c1-14(2)19-13-26-20-10-16(21(23)24)6-7-17(20)12-22(19)11-15-4-8-18(25-3)9-5-15/h4-10,14,19H,11-13H2,1-3H3,(H,23,24)/t19-/m1/s1. The summed E-state index contributed by atoms with van der Waals surface area (Å²) >= 11 is 0. The number of hydrogen-bond donors (Lipinski definition) is 1. The average molecular weight is 355 g/mol. The van der Waals surface area contributed by atoms with Crippen molar-refractivity contribution in [3.8, 4) is 11.5 Å². The van der Waals surface area contributed by atoms with Crippen molar-refractivity contribution in [1.82, 2.24) is 4.90 Å². The first-order valence-electron chi connectivity index (χ1n) is 8.84. The van der Waals surface area contributed by atoms with Crippen molar-refractivity contribution in [2.24, 2.45) is 5.92 Å². The normalized spacial score (nSPS) is 17.3. The fourth-order valence-electron chi connectivity index (χ4n) is 3.32. The van der Waals surface area contributed by atoms with Crippen molar-refractivity contribution in [3.05, 3.63) is 59.2 Å². The lowest BCUT2D eigenvalue weighted by atomic mass is 10.0. The summed E-state index contributed by atoms with van der Waals surface area (Å²) in [5, 5.41) is 9.21. The van der Waals surface area contributed by atoms with E-state index in [0.717, 1.165) is 24.4 Å². The van der Waals surface area contributed by atoms with E-state index < -0.39 is 5.97 Å². The summed E-state index contributed by atoms with van der Waals surface area (Å²) in [6.45, 7) is 6.45. The van der Waals surface area contributed by atoms with E-state index in [0.29, 0.717) is 18.3 Å². The van der Waals surface area contributed by atoms with Crippen LogP contribution in [-0.2, 0) is 13.1 Å². The van der Waals surface area contributed by atoms with E-state index in [-0.39, 0.29) is 11.6 Å². The second kappa shape index (κ2) is 7.79. The fourth-order valence-corrected chi connectivity index (χ4v) is 3.32. The van der Waals surface area contributed by atoms with E-state index in [9.17, 15) is 9.90 Å². The van der Waals surface area contributed by atoms with Crippen LogP contribution in [0.1, 0.15) is 35.3 Å². The summed E-state index contributed by atoms with van der Waals surface area (Å²) in [6.07, 6.45) is 0. The van der Waals surface area contributed by atoms with Crippen LogP contribution in [0.3, 0.4) is 0 Å². The minimum atomic E-state index is -0.934. The Morgan fingerprint density at radius 1 is 1.27 bits per heavy atom. The summed E-state index contributed by atoms with van der Waals surface area (Å²) < 4.78 is 11.2. The Morgan fingerprint density at radius 3 is 2.62 bits per heavy atom. The number of benzene rings is 2. The van der Waals surface area contributed by atoms with Gasteiger partial charge in [0, 0.05) is 24.7 Å². The molecule has 0 unspecified atom stereocenters. The maximum atomic E-state index is 11.2. The predicted octanol–water partition coefficient (Wildman–Crippen LogP) is 3.81. The van der Waals surface area contributed by atoms with Crippen LogP contribution >= 0.6 is 0 Å². The first-order valence-corrected chi connectivity index (χ1v) is 8.84.